The molecule has 22 heavy (non-hydrogen) atoms. The number of fused-ring (bicyclic) bond motifs is 2. The maximum Gasteiger partial charge on any atom is 0.0812 e. The fourth-order valence-corrected chi connectivity index (χ4v) is 3.08. The second kappa shape index (κ2) is 5.68. The molecule has 0 saturated heterocycles. The van der Waals surface area contributed by atoms with Gasteiger partial charge in [-0.25, -0.2) is 0 Å². The zero-order valence-corrected chi connectivity index (χ0v) is 12.4. The van der Waals surface area contributed by atoms with Gasteiger partial charge in [0.1, 0.15) is 0 Å². The number of para-hydroxylation sites is 1. The lowest BCUT2D eigenvalue weighted by atomic mass is 9.93. The number of nitrogens with zero attached hydrogens (tertiary/aromatic N) is 3. The Labute approximate surface area is 129 Å². The number of rotatable bonds is 2. The Balaban J connectivity index is 1.89. The maximum atomic E-state index is 4.84. The lowest BCUT2D eigenvalue weighted by Crippen LogP contribution is -2.06. The summed E-state index contributed by atoms with van der Waals surface area (Å²) < 4.78 is 0. The molecule has 0 bridgehead atoms. The molecule has 1 aromatic carbocycles. The highest BCUT2D eigenvalue weighted by atomic mass is 14.8. The highest BCUT2D eigenvalue weighted by Crippen LogP contribution is 2.35. The van der Waals surface area contributed by atoms with Crippen molar-refractivity contribution >= 4 is 22.8 Å². The summed E-state index contributed by atoms with van der Waals surface area (Å²) in [5.74, 6) is 0. The molecule has 0 spiro atoms. The molecule has 0 unspecified atom stereocenters. The van der Waals surface area contributed by atoms with Gasteiger partial charge < -0.3 is 0 Å². The summed E-state index contributed by atoms with van der Waals surface area (Å²) in [5.41, 5.74) is 5.53. The molecule has 2 aromatic heterocycles. The predicted octanol–water partition coefficient (Wildman–Crippen LogP) is 4.26. The first-order chi connectivity index (χ1) is 10.9. The van der Waals surface area contributed by atoms with E-state index in [0.717, 1.165) is 35.1 Å². The van der Waals surface area contributed by atoms with Crippen LogP contribution in [0.4, 0.5) is 5.69 Å². The van der Waals surface area contributed by atoms with E-state index >= 15 is 0 Å². The van der Waals surface area contributed by atoms with Crippen LogP contribution in [0.15, 0.2) is 53.7 Å². The van der Waals surface area contributed by atoms with Gasteiger partial charge in [-0.1, -0.05) is 24.3 Å². The molecular formula is C19H17N3. The monoisotopic (exact) mass is 287 g/mol. The van der Waals surface area contributed by atoms with E-state index in [1.54, 1.807) is 6.20 Å². The minimum atomic E-state index is 0.882. The zero-order chi connectivity index (χ0) is 14.8. The van der Waals surface area contributed by atoms with E-state index in [2.05, 4.69) is 23.2 Å². The SMILES string of the molecule is C(=N\c1c2c(nc3ccccc13)CCCC2)/c1ccccn1. The lowest BCUT2D eigenvalue weighted by Gasteiger charge is -2.18. The standard InChI is InChI=1S/C19H17N3/c1-3-10-17-15(8-1)19(16-9-2-4-11-18(16)22-17)21-13-14-7-5-6-12-20-14/h1,3,5-8,10,12-13H,2,4,9,11H2/b21-13+. The topological polar surface area (TPSA) is 38.1 Å². The number of pyridine rings is 2. The minimum absolute atomic E-state index is 0.882. The number of aryl methyl sites for hydroxylation is 1. The van der Waals surface area contributed by atoms with Crippen LogP contribution in [0.2, 0.25) is 0 Å². The van der Waals surface area contributed by atoms with Crippen LogP contribution >= 0.6 is 0 Å². The molecule has 1 aliphatic rings. The van der Waals surface area contributed by atoms with Gasteiger partial charge in [-0.15, -0.1) is 0 Å². The van der Waals surface area contributed by atoms with E-state index in [-0.39, 0.29) is 0 Å². The summed E-state index contributed by atoms with van der Waals surface area (Å²) >= 11 is 0. The third kappa shape index (κ3) is 2.39. The van der Waals surface area contributed by atoms with E-state index < -0.39 is 0 Å². The van der Waals surface area contributed by atoms with Gasteiger partial charge in [-0.3, -0.25) is 15.0 Å². The summed E-state index contributed by atoms with van der Waals surface area (Å²) in [7, 11) is 0. The molecule has 0 fully saturated rings. The zero-order valence-electron chi connectivity index (χ0n) is 12.4. The van der Waals surface area contributed by atoms with Gasteiger partial charge in [0.05, 0.1) is 23.1 Å². The van der Waals surface area contributed by atoms with Crippen molar-refractivity contribution in [2.24, 2.45) is 4.99 Å². The fraction of sp³-hybridized carbons (Fsp3) is 0.211. The molecule has 0 N–H and O–H groups in total. The molecule has 4 rings (SSSR count). The van der Waals surface area contributed by atoms with Crippen molar-refractivity contribution < 1.29 is 0 Å². The molecular weight excluding hydrogens is 270 g/mol. The minimum Gasteiger partial charge on any atom is -0.255 e. The Morgan fingerprint density at radius 2 is 1.82 bits per heavy atom. The van der Waals surface area contributed by atoms with Gasteiger partial charge in [-0.05, 0) is 49.4 Å². The number of benzene rings is 1. The third-order valence-corrected chi connectivity index (χ3v) is 4.15. The van der Waals surface area contributed by atoms with Crippen molar-refractivity contribution in [3.05, 3.63) is 65.6 Å². The van der Waals surface area contributed by atoms with Crippen LogP contribution < -0.4 is 0 Å². The number of hydrogen-bond acceptors (Lipinski definition) is 3. The molecule has 0 saturated carbocycles. The van der Waals surface area contributed by atoms with Crippen LogP contribution in [-0.2, 0) is 12.8 Å². The first-order valence-electron chi connectivity index (χ1n) is 7.77. The average Bonchev–Trinajstić information content (AvgIpc) is 2.59. The van der Waals surface area contributed by atoms with Gasteiger partial charge in [0.2, 0.25) is 0 Å². The first kappa shape index (κ1) is 13.1. The molecule has 0 aliphatic heterocycles. The Bertz CT molecular complexity index is 838. The van der Waals surface area contributed by atoms with Crippen molar-refractivity contribution in [2.75, 3.05) is 0 Å². The van der Waals surface area contributed by atoms with Crippen LogP contribution in [0.3, 0.4) is 0 Å². The number of aromatic nitrogens is 2. The summed E-state index contributed by atoms with van der Waals surface area (Å²) in [6, 6.07) is 14.1. The number of aliphatic imine (C=N–C) groups is 1. The number of hydrogen-bond donors (Lipinski definition) is 0. The second-order valence-corrected chi connectivity index (χ2v) is 5.62. The van der Waals surface area contributed by atoms with Gasteiger partial charge in [-0.2, -0.15) is 0 Å². The average molecular weight is 287 g/mol. The van der Waals surface area contributed by atoms with E-state index in [9.17, 15) is 0 Å². The van der Waals surface area contributed by atoms with E-state index in [1.165, 1.54) is 24.1 Å². The summed E-state index contributed by atoms with van der Waals surface area (Å²) in [6.45, 7) is 0. The Morgan fingerprint density at radius 3 is 2.73 bits per heavy atom. The molecule has 108 valence electrons. The van der Waals surface area contributed by atoms with Gasteiger partial charge in [0.25, 0.3) is 0 Å². The van der Waals surface area contributed by atoms with Crippen molar-refractivity contribution in [2.45, 2.75) is 25.7 Å². The normalized spacial score (nSPS) is 14.4. The Hall–Kier alpha value is -2.55. The molecule has 3 nitrogen and oxygen atoms in total. The van der Waals surface area contributed by atoms with Crippen molar-refractivity contribution in [1.29, 1.82) is 0 Å². The fourth-order valence-electron chi connectivity index (χ4n) is 3.08. The quantitative estimate of drug-likeness (QED) is 0.660. The summed E-state index contributed by atoms with van der Waals surface area (Å²) in [6.07, 6.45) is 8.23. The molecule has 0 atom stereocenters. The third-order valence-electron chi connectivity index (χ3n) is 4.15. The molecule has 1 aliphatic carbocycles. The summed E-state index contributed by atoms with van der Waals surface area (Å²) in [4.78, 5) is 14.0. The molecule has 2 heterocycles. The smallest absolute Gasteiger partial charge is 0.0812 e. The predicted molar refractivity (Wildman–Crippen MR) is 89.9 cm³/mol. The highest BCUT2D eigenvalue weighted by molar-refractivity contribution is 5.94. The van der Waals surface area contributed by atoms with Crippen molar-refractivity contribution in [3.63, 3.8) is 0 Å². The first-order valence-corrected chi connectivity index (χ1v) is 7.77. The van der Waals surface area contributed by atoms with Crippen LogP contribution in [0.25, 0.3) is 10.9 Å². The lowest BCUT2D eigenvalue weighted by molar-refractivity contribution is 0.672. The van der Waals surface area contributed by atoms with Crippen molar-refractivity contribution in [1.82, 2.24) is 9.97 Å². The van der Waals surface area contributed by atoms with Crippen LogP contribution in [0.5, 0.6) is 0 Å². The highest BCUT2D eigenvalue weighted by Gasteiger charge is 2.17. The van der Waals surface area contributed by atoms with E-state index in [1.807, 2.05) is 30.5 Å². The van der Waals surface area contributed by atoms with Crippen LogP contribution in [0.1, 0.15) is 29.8 Å². The maximum absolute atomic E-state index is 4.84. The van der Waals surface area contributed by atoms with Gasteiger partial charge in [0.15, 0.2) is 0 Å². The van der Waals surface area contributed by atoms with E-state index in [4.69, 9.17) is 9.98 Å². The Morgan fingerprint density at radius 1 is 0.955 bits per heavy atom. The summed E-state index contributed by atoms with van der Waals surface area (Å²) in [5, 5.41) is 1.13. The van der Waals surface area contributed by atoms with Gasteiger partial charge >= 0.3 is 0 Å². The van der Waals surface area contributed by atoms with Crippen molar-refractivity contribution in [3.8, 4) is 0 Å². The van der Waals surface area contributed by atoms with E-state index in [0.29, 0.717) is 0 Å². The van der Waals surface area contributed by atoms with Crippen LogP contribution in [0, 0.1) is 0 Å². The Kier molecular flexibility index (Phi) is 3.39. The van der Waals surface area contributed by atoms with Gasteiger partial charge in [0, 0.05) is 17.3 Å². The molecule has 0 radical (unpaired) electrons. The molecule has 0 amide bonds. The van der Waals surface area contributed by atoms with Crippen LogP contribution in [-0.4, -0.2) is 16.2 Å². The second-order valence-electron chi connectivity index (χ2n) is 5.62. The largest absolute Gasteiger partial charge is 0.255 e. The molecule has 3 aromatic rings. The molecule has 3 heteroatoms.